The highest BCUT2D eigenvalue weighted by atomic mass is 16.2. The zero-order chi connectivity index (χ0) is 36.1. The van der Waals surface area contributed by atoms with Gasteiger partial charge in [-0.15, -0.1) is 13.2 Å². The normalized spacial score (nSPS) is 22.5. The van der Waals surface area contributed by atoms with Crippen molar-refractivity contribution in [3.05, 3.63) is 67.3 Å². The third-order valence-corrected chi connectivity index (χ3v) is 10.9. The van der Waals surface area contributed by atoms with Crippen LogP contribution in [0, 0.1) is 23.2 Å². The highest BCUT2D eigenvalue weighted by Gasteiger charge is 2.69. The zero-order valence-electron chi connectivity index (χ0n) is 29.9. The van der Waals surface area contributed by atoms with Crippen molar-refractivity contribution in [2.45, 2.75) is 103 Å². The summed E-state index contributed by atoms with van der Waals surface area (Å²) in [6.07, 6.45) is 8.29. The summed E-state index contributed by atoms with van der Waals surface area (Å²) in [6.45, 7) is 21.8. The number of likely N-dealkylation sites (tertiary alicyclic amines) is 1. The number of amides is 5. The molecule has 0 radical (unpaired) electrons. The largest absolute Gasteiger partial charge is 0.346 e. The van der Waals surface area contributed by atoms with Crippen molar-refractivity contribution in [1.82, 2.24) is 26.2 Å². The molecule has 5 atom stereocenters. The van der Waals surface area contributed by atoms with Gasteiger partial charge in [0.2, 0.25) is 17.6 Å². The van der Waals surface area contributed by atoms with Crippen molar-refractivity contribution in [3.63, 3.8) is 0 Å². The maximum atomic E-state index is 14.6. The van der Waals surface area contributed by atoms with Gasteiger partial charge in [-0.3, -0.25) is 19.2 Å². The molecule has 10 heteroatoms. The minimum Gasteiger partial charge on any atom is -0.346 e. The number of fused-ring (bicyclic) bond motifs is 1. The molecule has 5 amide bonds. The number of carbonyl (C=O) groups is 5. The zero-order valence-corrected chi connectivity index (χ0v) is 29.9. The molecule has 0 spiro atoms. The molecule has 4 N–H and O–H groups in total. The number of carbonyl (C=O) groups excluding carboxylic acids is 5. The number of benzene rings is 1. The number of hydrogen-bond donors (Lipinski definition) is 4. The Morgan fingerprint density at radius 3 is 2.37 bits per heavy atom. The number of nitrogens with zero attached hydrogens (tertiary/aromatic N) is 1. The van der Waals surface area contributed by atoms with Crippen molar-refractivity contribution in [2.24, 2.45) is 23.2 Å². The van der Waals surface area contributed by atoms with E-state index in [0.717, 1.165) is 48.8 Å². The van der Waals surface area contributed by atoms with E-state index in [1.165, 1.54) is 6.08 Å². The summed E-state index contributed by atoms with van der Waals surface area (Å²) in [5.41, 5.74) is 1.88. The monoisotopic (exact) mass is 673 g/mol. The Hall–Kier alpha value is -4.21. The molecule has 1 aromatic carbocycles. The molecule has 266 valence electrons. The van der Waals surface area contributed by atoms with E-state index in [2.05, 4.69) is 54.9 Å². The molecule has 0 bridgehead atoms. The molecule has 2 unspecified atom stereocenters. The van der Waals surface area contributed by atoms with Gasteiger partial charge in [-0.2, -0.15) is 0 Å². The van der Waals surface area contributed by atoms with E-state index >= 15 is 0 Å². The van der Waals surface area contributed by atoms with Crippen LogP contribution in [0.3, 0.4) is 0 Å². The van der Waals surface area contributed by atoms with Crippen LogP contribution in [0.2, 0.25) is 0 Å². The van der Waals surface area contributed by atoms with Crippen LogP contribution in [0.15, 0.2) is 56.2 Å². The molecule has 1 aliphatic heterocycles. The second-order valence-electron chi connectivity index (χ2n) is 15.1. The summed E-state index contributed by atoms with van der Waals surface area (Å²) in [4.78, 5) is 69.7. The highest BCUT2D eigenvalue weighted by Crippen LogP contribution is 2.65. The first-order valence-corrected chi connectivity index (χ1v) is 17.6. The van der Waals surface area contributed by atoms with Crippen molar-refractivity contribution in [3.8, 4) is 0 Å². The molecule has 2 saturated carbocycles. The third-order valence-electron chi connectivity index (χ3n) is 10.9. The van der Waals surface area contributed by atoms with Gasteiger partial charge in [0, 0.05) is 13.1 Å². The fourth-order valence-corrected chi connectivity index (χ4v) is 7.77. The van der Waals surface area contributed by atoms with E-state index < -0.39 is 47.3 Å². The number of hydrogen-bond acceptors (Lipinski definition) is 5. The predicted octanol–water partition coefficient (Wildman–Crippen LogP) is 5.01. The number of Topliss-reactive ketones (excluding diaryl/α,β-unsaturated/α-hetero) is 1. The fourth-order valence-electron chi connectivity index (χ4n) is 7.77. The van der Waals surface area contributed by atoms with Gasteiger partial charge in [0.15, 0.2) is 0 Å². The van der Waals surface area contributed by atoms with Gasteiger partial charge in [-0.25, -0.2) is 4.79 Å². The molecular weight excluding hydrogens is 618 g/mol. The smallest absolute Gasteiger partial charge is 0.316 e. The maximum Gasteiger partial charge on any atom is 0.316 e. The molecule has 1 heterocycles. The van der Waals surface area contributed by atoms with Gasteiger partial charge < -0.3 is 26.2 Å². The summed E-state index contributed by atoms with van der Waals surface area (Å²) >= 11 is 0. The first-order chi connectivity index (χ1) is 23.1. The van der Waals surface area contributed by atoms with E-state index in [-0.39, 0.29) is 42.0 Å². The van der Waals surface area contributed by atoms with Crippen LogP contribution in [0.1, 0.15) is 90.7 Å². The number of rotatable bonds is 15. The van der Waals surface area contributed by atoms with Gasteiger partial charge >= 0.3 is 6.03 Å². The highest BCUT2D eigenvalue weighted by molar-refractivity contribution is 6.38. The maximum absolute atomic E-state index is 14.6. The molecular formula is C39H55N5O5. The Kier molecular flexibility index (Phi) is 11.9. The second kappa shape index (κ2) is 15.6. The molecule has 1 aromatic rings. The molecule has 49 heavy (non-hydrogen) atoms. The Labute approximate surface area is 291 Å². The Bertz CT molecular complexity index is 1480. The molecule has 0 aromatic heterocycles. The summed E-state index contributed by atoms with van der Waals surface area (Å²) in [6, 6.07) is 4.68. The van der Waals surface area contributed by atoms with Crippen LogP contribution in [0.25, 0.3) is 5.57 Å². The first-order valence-electron chi connectivity index (χ1n) is 17.6. The van der Waals surface area contributed by atoms with Crippen LogP contribution in [-0.4, -0.2) is 65.7 Å². The van der Waals surface area contributed by atoms with E-state index in [0.29, 0.717) is 13.0 Å². The first kappa shape index (κ1) is 37.6. The van der Waals surface area contributed by atoms with Crippen LogP contribution >= 0.6 is 0 Å². The Morgan fingerprint density at radius 1 is 1.04 bits per heavy atom. The van der Waals surface area contributed by atoms with Gasteiger partial charge in [0.25, 0.3) is 5.91 Å². The topological polar surface area (TPSA) is 137 Å². The third kappa shape index (κ3) is 8.51. The molecule has 3 aliphatic rings. The summed E-state index contributed by atoms with van der Waals surface area (Å²) in [5.74, 6) is -2.39. The lowest BCUT2D eigenvalue weighted by molar-refractivity contribution is -0.144. The number of urea groups is 1. The summed E-state index contributed by atoms with van der Waals surface area (Å²) in [7, 11) is 0. The summed E-state index contributed by atoms with van der Waals surface area (Å²) in [5, 5.41) is 11.4. The second-order valence-corrected chi connectivity index (χ2v) is 15.1. The van der Waals surface area contributed by atoms with Crippen LogP contribution < -0.4 is 21.3 Å². The van der Waals surface area contributed by atoms with Crippen molar-refractivity contribution < 1.29 is 24.0 Å². The Morgan fingerprint density at radius 2 is 1.73 bits per heavy atom. The quantitative estimate of drug-likeness (QED) is 0.153. The lowest BCUT2D eigenvalue weighted by Crippen LogP contribution is -2.61. The Balaban J connectivity index is 1.57. The van der Waals surface area contributed by atoms with Crippen LogP contribution in [0.4, 0.5) is 4.79 Å². The number of nitrogens with one attached hydrogen (secondary N) is 4. The molecule has 10 nitrogen and oxygen atoms in total. The van der Waals surface area contributed by atoms with Crippen LogP contribution in [-0.2, 0) is 24.7 Å². The van der Waals surface area contributed by atoms with Crippen molar-refractivity contribution in [1.29, 1.82) is 0 Å². The average Bonchev–Trinajstić information content (AvgIpc) is 3.38. The van der Waals surface area contributed by atoms with Gasteiger partial charge in [-0.1, -0.05) is 75.6 Å². The van der Waals surface area contributed by atoms with E-state index in [9.17, 15) is 24.0 Å². The minimum atomic E-state index is -1.07. The van der Waals surface area contributed by atoms with E-state index in [4.69, 9.17) is 0 Å². The van der Waals surface area contributed by atoms with E-state index in [1.54, 1.807) is 11.0 Å². The summed E-state index contributed by atoms with van der Waals surface area (Å²) < 4.78 is 0. The van der Waals surface area contributed by atoms with Gasteiger partial charge in [0.05, 0.1) is 11.6 Å². The molecule has 2 aliphatic carbocycles. The minimum absolute atomic E-state index is 0.0778. The van der Waals surface area contributed by atoms with Gasteiger partial charge in [-0.05, 0) is 86.8 Å². The SMILES string of the molecule is C=CCCC(NC(=O)[C@@H]1C2[C@H](CN1C(=O)[C@@H](NC(=O)NC(C)(C)c1cccc(C(=C)C)c1)C1CCCCC1)C2(C)C)C(=O)C(=O)NCC=C. The van der Waals surface area contributed by atoms with Gasteiger partial charge in [0.1, 0.15) is 12.1 Å². The number of ketones is 1. The predicted molar refractivity (Wildman–Crippen MR) is 192 cm³/mol. The standard InChI is InChI=1S/C39H55N5O5/c1-9-11-20-29(33(45)35(47)40-21-10-2)41-34(46)32-30-28(38(30,5)6)23-44(32)36(48)31(25-16-13-12-14-17-25)42-37(49)43-39(7,8)27-19-15-18-26(22-27)24(3)4/h9-10,15,18-19,22,25,28-32H,1-3,11-14,16-17,20-21,23H2,4-8H3,(H,40,47)(H,41,46)(H2,42,43,49)/t28-,29?,30?,31-,32-/m0/s1. The van der Waals surface area contributed by atoms with Crippen molar-refractivity contribution >= 4 is 35.1 Å². The number of allylic oxidation sites excluding steroid dienone is 2. The molecule has 4 rings (SSSR count). The number of piperidine rings is 1. The lowest BCUT2D eigenvalue weighted by atomic mass is 9.83. The van der Waals surface area contributed by atoms with E-state index in [1.807, 2.05) is 45.0 Å². The molecule has 3 fully saturated rings. The average molecular weight is 674 g/mol. The molecule has 1 saturated heterocycles. The fraction of sp³-hybridized carbons (Fsp3) is 0.564. The van der Waals surface area contributed by atoms with Crippen molar-refractivity contribution in [2.75, 3.05) is 13.1 Å². The lowest BCUT2D eigenvalue weighted by Gasteiger charge is -2.38. The van der Waals surface area contributed by atoms with Crippen LogP contribution in [0.5, 0.6) is 0 Å².